The highest BCUT2D eigenvalue weighted by atomic mass is 32.2. The van der Waals surface area contributed by atoms with Gasteiger partial charge in [-0.25, -0.2) is 13.2 Å². The van der Waals surface area contributed by atoms with E-state index in [-0.39, 0.29) is 11.9 Å². The number of hydrogen-bond acceptors (Lipinski definition) is 5. The van der Waals surface area contributed by atoms with Gasteiger partial charge < -0.3 is 10.1 Å². The fraction of sp³-hybridized carbons (Fsp3) is 0.500. The van der Waals surface area contributed by atoms with Crippen LogP contribution >= 0.6 is 0 Å². The number of carbonyl (C=O) groups excluding carboxylic acids is 2. The highest BCUT2D eigenvalue weighted by Crippen LogP contribution is 2.34. The molecule has 2 rings (SSSR count). The summed E-state index contributed by atoms with van der Waals surface area (Å²) < 4.78 is 30.3. The molecular weight excluding hydrogens is 332 g/mol. The summed E-state index contributed by atoms with van der Waals surface area (Å²) in [6.07, 6.45) is 0.793. The normalized spacial score (nSPS) is 18.0. The summed E-state index contributed by atoms with van der Waals surface area (Å²) in [7, 11) is -3.37. The lowest BCUT2D eigenvalue weighted by Crippen LogP contribution is -2.35. The molecule has 1 aliphatic heterocycles. The maximum absolute atomic E-state index is 12.2. The minimum atomic E-state index is -3.37. The molecule has 2 atom stereocenters. The molecule has 24 heavy (non-hydrogen) atoms. The summed E-state index contributed by atoms with van der Waals surface area (Å²) in [5.41, 5.74) is 1.65. The molecule has 132 valence electrons. The van der Waals surface area contributed by atoms with Crippen LogP contribution in [0.15, 0.2) is 18.2 Å². The molecule has 1 heterocycles. The summed E-state index contributed by atoms with van der Waals surface area (Å²) >= 11 is 0. The highest BCUT2D eigenvalue weighted by Gasteiger charge is 2.33. The molecule has 0 unspecified atom stereocenters. The van der Waals surface area contributed by atoms with Crippen LogP contribution in [-0.2, 0) is 26.0 Å². The molecule has 8 heteroatoms. The number of carbonyl (C=O) groups is 2. The minimum absolute atomic E-state index is 0.199. The molecule has 1 amide bonds. The average Bonchev–Trinajstić information content (AvgIpc) is 2.81. The molecule has 1 aromatic rings. The molecule has 1 N–H and O–H groups in total. The summed E-state index contributed by atoms with van der Waals surface area (Å²) in [5, 5.41) is 2.58. The predicted molar refractivity (Wildman–Crippen MR) is 90.5 cm³/mol. The lowest BCUT2D eigenvalue weighted by molar-refractivity contribution is -0.128. The van der Waals surface area contributed by atoms with Gasteiger partial charge in [-0.2, -0.15) is 0 Å². The number of sulfonamides is 1. The maximum atomic E-state index is 12.2. The van der Waals surface area contributed by atoms with Crippen LogP contribution in [0.25, 0.3) is 0 Å². The van der Waals surface area contributed by atoms with Gasteiger partial charge in [0.2, 0.25) is 10.0 Å². The number of ether oxygens (including phenoxy) is 1. The SMILES string of the molecule is CCNC(=O)[C@H](C)OC(=O)c1ccc2c(c1)C[C@H](C)N2S(C)(=O)=O. The van der Waals surface area contributed by atoms with Crippen LogP contribution in [-0.4, -0.2) is 45.2 Å². The van der Waals surface area contributed by atoms with Gasteiger partial charge in [-0.3, -0.25) is 9.10 Å². The van der Waals surface area contributed by atoms with Crippen LogP contribution in [0.5, 0.6) is 0 Å². The van der Waals surface area contributed by atoms with E-state index in [1.807, 2.05) is 6.92 Å². The molecule has 0 aromatic heterocycles. The summed E-state index contributed by atoms with van der Waals surface area (Å²) in [6.45, 7) is 5.56. The van der Waals surface area contributed by atoms with Gasteiger partial charge in [0.05, 0.1) is 17.5 Å². The summed E-state index contributed by atoms with van der Waals surface area (Å²) in [6, 6.07) is 4.55. The zero-order chi connectivity index (χ0) is 18.1. The van der Waals surface area contributed by atoms with Crippen LogP contribution in [0, 0.1) is 0 Å². The first-order valence-corrected chi connectivity index (χ1v) is 9.61. The van der Waals surface area contributed by atoms with E-state index in [1.54, 1.807) is 19.1 Å². The Morgan fingerprint density at radius 2 is 2.08 bits per heavy atom. The Balaban J connectivity index is 2.20. The van der Waals surface area contributed by atoms with Gasteiger partial charge in [-0.15, -0.1) is 0 Å². The van der Waals surface area contributed by atoms with Gasteiger partial charge in [0.25, 0.3) is 5.91 Å². The monoisotopic (exact) mass is 354 g/mol. The molecule has 7 nitrogen and oxygen atoms in total. The number of hydrogen-bond donors (Lipinski definition) is 1. The zero-order valence-electron chi connectivity index (χ0n) is 14.2. The van der Waals surface area contributed by atoms with Crippen molar-refractivity contribution in [2.24, 2.45) is 0 Å². The second kappa shape index (κ2) is 6.80. The molecule has 0 bridgehead atoms. The Morgan fingerprint density at radius 1 is 1.42 bits per heavy atom. The maximum Gasteiger partial charge on any atom is 0.338 e. The van der Waals surface area contributed by atoms with Crippen molar-refractivity contribution in [3.63, 3.8) is 0 Å². The number of nitrogens with one attached hydrogen (secondary N) is 1. The van der Waals surface area contributed by atoms with E-state index in [1.165, 1.54) is 17.3 Å². The number of anilines is 1. The number of amides is 1. The van der Waals surface area contributed by atoms with E-state index >= 15 is 0 Å². The number of nitrogens with zero attached hydrogens (tertiary/aromatic N) is 1. The highest BCUT2D eigenvalue weighted by molar-refractivity contribution is 7.92. The van der Waals surface area contributed by atoms with E-state index < -0.39 is 22.1 Å². The third-order valence-electron chi connectivity index (χ3n) is 3.83. The van der Waals surface area contributed by atoms with Crippen LogP contribution in [0.1, 0.15) is 36.7 Å². The van der Waals surface area contributed by atoms with Crippen molar-refractivity contribution in [1.29, 1.82) is 0 Å². The molecule has 1 aliphatic rings. The zero-order valence-corrected chi connectivity index (χ0v) is 15.0. The number of rotatable bonds is 5. The number of fused-ring (bicyclic) bond motifs is 1. The van der Waals surface area contributed by atoms with Crippen LogP contribution in [0.4, 0.5) is 5.69 Å². The number of likely N-dealkylation sites (N-methyl/N-ethyl adjacent to an activating group) is 1. The van der Waals surface area contributed by atoms with Crippen molar-refractivity contribution < 1.29 is 22.7 Å². The van der Waals surface area contributed by atoms with Gasteiger partial charge in [0.15, 0.2) is 6.10 Å². The molecule has 0 radical (unpaired) electrons. The van der Waals surface area contributed by atoms with Crippen molar-refractivity contribution in [3.8, 4) is 0 Å². The third-order valence-corrected chi connectivity index (χ3v) is 5.10. The Labute approximate surface area is 142 Å². The Kier molecular flexibility index (Phi) is 5.17. The molecular formula is C16H22N2O5S. The van der Waals surface area contributed by atoms with Crippen LogP contribution in [0.3, 0.4) is 0 Å². The van der Waals surface area contributed by atoms with Crippen molar-refractivity contribution in [2.75, 3.05) is 17.1 Å². The van der Waals surface area contributed by atoms with E-state index in [2.05, 4.69) is 5.32 Å². The van der Waals surface area contributed by atoms with Gasteiger partial charge in [0, 0.05) is 12.6 Å². The van der Waals surface area contributed by atoms with Crippen molar-refractivity contribution >= 4 is 27.6 Å². The molecule has 0 saturated carbocycles. The lowest BCUT2D eigenvalue weighted by atomic mass is 10.1. The minimum Gasteiger partial charge on any atom is -0.449 e. The topological polar surface area (TPSA) is 92.8 Å². The van der Waals surface area contributed by atoms with Gasteiger partial charge in [-0.05, 0) is 51.0 Å². The summed E-state index contributed by atoms with van der Waals surface area (Å²) in [5.74, 6) is -0.967. The van der Waals surface area contributed by atoms with Crippen LogP contribution < -0.4 is 9.62 Å². The van der Waals surface area contributed by atoms with Crippen LogP contribution in [0.2, 0.25) is 0 Å². The van der Waals surface area contributed by atoms with E-state index in [9.17, 15) is 18.0 Å². The van der Waals surface area contributed by atoms with E-state index in [0.29, 0.717) is 24.2 Å². The molecule has 0 saturated heterocycles. The van der Waals surface area contributed by atoms with Gasteiger partial charge in [-0.1, -0.05) is 0 Å². The Hall–Kier alpha value is -2.09. The summed E-state index contributed by atoms with van der Waals surface area (Å²) in [4.78, 5) is 23.8. The number of benzene rings is 1. The molecule has 0 spiro atoms. The molecule has 0 fully saturated rings. The van der Waals surface area contributed by atoms with Crippen molar-refractivity contribution in [2.45, 2.75) is 39.3 Å². The first-order chi connectivity index (χ1) is 11.1. The average molecular weight is 354 g/mol. The first-order valence-electron chi connectivity index (χ1n) is 7.76. The Morgan fingerprint density at radius 3 is 2.67 bits per heavy atom. The number of esters is 1. The lowest BCUT2D eigenvalue weighted by Gasteiger charge is -2.22. The standard InChI is InChI=1S/C16H22N2O5S/c1-5-17-15(19)11(3)23-16(20)12-6-7-14-13(9-12)8-10(2)18(14)24(4,21)22/h6-7,9-11H,5,8H2,1-4H3,(H,17,19)/t10-,11-/m0/s1. The third kappa shape index (κ3) is 3.69. The smallest absolute Gasteiger partial charge is 0.338 e. The first kappa shape index (κ1) is 18.3. The van der Waals surface area contributed by atoms with Gasteiger partial charge >= 0.3 is 5.97 Å². The quantitative estimate of drug-likeness (QED) is 0.799. The van der Waals surface area contributed by atoms with Gasteiger partial charge in [0.1, 0.15) is 0 Å². The molecule has 0 aliphatic carbocycles. The van der Waals surface area contributed by atoms with Crippen molar-refractivity contribution in [3.05, 3.63) is 29.3 Å². The predicted octanol–water partition coefficient (Wildman–Crippen LogP) is 1.08. The van der Waals surface area contributed by atoms with E-state index in [0.717, 1.165) is 11.8 Å². The Bertz CT molecular complexity index is 760. The fourth-order valence-corrected chi connectivity index (χ4v) is 4.10. The second-order valence-corrected chi connectivity index (χ2v) is 7.76. The van der Waals surface area contributed by atoms with Crippen molar-refractivity contribution in [1.82, 2.24) is 5.32 Å². The van der Waals surface area contributed by atoms with E-state index in [4.69, 9.17) is 4.74 Å². The largest absolute Gasteiger partial charge is 0.449 e. The fourth-order valence-electron chi connectivity index (χ4n) is 2.84. The molecule has 1 aromatic carbocycles. The second-order valence-electron chi connectivity index (χ2n) is 5.90.